The number of imide groups is 1. The third-order valence-electron chi connectivity index (χ3n) is 3.18. The van der Waals surface area contributed by atoms with Crippen LogP contribution in [0.2, 0.25) is 0 Å². The molecule has 2 heterocycles. The van der Waals surface area contributed by atoms with Crippen molar-refractivity contribution in [2.24, 2.45) is 0 Å². The van der Waals surface area contributed by atoms with E-state index in [-0.39, 0.29) is 29.8 Å². The molecule has 0 fully saturated rings. The largest absolute Gasteiger partial charge is 0.333 e. The number of carbonyl (C=O) groups excluding carboxylic acids is 3. The Kier molecular flexibility index (Phi) is 3.80. The van der Waals surface area contributed by atoms with E-state index in [0.717, 1.165) is 12.4 Å². The molecule has 0 saturated heterocycles. The number of amides is 2. The van der Waals surface area contributed by atoms with Crippen LogP contribution in [0.1, 0.15) is 33.0 Å². The highest BCUT2D eigenvalue weighted by molar-refractivity contribution is 6.20. The molecule has 0 spiro atoms. The van der Waals surface area contributed by atoms with Gasteiger partial charge < -0.3 is 4.84 Å². The second-order valence-electron chi connectivity index (χ2n) is 4.73. The molecule has 0 aliphatic carbocycles. The monoisotopic (exact) mass is 315 g/mol. The van der Waals surface area contributed by atoms with Gasteiger partial charge in [0, 0.05) is 6.42 Å². The fourth-order valence-electron chi connectivity index (χ4n) is 2.08. The molecular formula is C15H10FN3O4. The first-order valence-electron chi connectivity index (χ1n) is 6.71. The number of hydroxylamine groups is 2. The molecule has 23 heavy (non-hydrogen) atoms. The summed E-state index contributed by atoms with van der Waals surface area (Å²) in [4.78, 5) is 48.1. The van der Waals surface area contributed by atoms with E-state index in [1.54, 1.807) is 12.1 Å². The number of rotatable bonds is 4. The average molecular weight is 315 g/mol. The van der Waals surface area contributed by atoms with E-state index in [1.165, 1.54) is 12.1 Å². The number of nitrogens with zero attached hydrogens (tertiary/aromatic N) is 3. The quantitative estimate of drug-likeness (QED) is 0.790. The molecular weight excluding hydrogens is 305 g/mol. The zero-order chi connectivity index (χ0) is 16.4. The van der Waals surface area contributed by atoms with Gasteiger partial charge in [0.05, 0.1) is 29.9 Å². The molecule has 0 unspecified atom stereocenters. The lowest BCUT2D eigenvalue weighted by molar-refractivity contribution is -0.168. The number of hydrogen-bond donors (Lipinski definition) is 0. The second-order valence-corrected chi connectivity index (χ2v) is 4.73. The SMILES string of the molecule is O=C(CCc1ncc(F)cn1)ON1C(=O)c2ccccc2C1=O. The van der Waals surface area contributed by atoms with E-state index in [9.17, 15) is 18.8 Å². The summed E-state index contributed by atoms with van der Waals surface area (Å²) >= 11 is 0. The maximum absolute atomic E-state index is 12.7. The maximum atomic E-state index is 12.7. The van der Waals surface area contributed by atoms with Crippen molar-refractivity contribution in [3.8, 4) is 0 Å². The first-order chi connectivity index (χ1) is 11.1. The highest BCUT2D eigenvalue weighted by atomic mass is 19.1. The Morgan fingerprint density at radius 3 is 2.22 bits per heavy atom. The molecule has 0 saturated carbocycles. The van der Waals surface area contributed by atoms with Crippen LogP contribution in [0.5, 0.6) is 0 Å². The Morgan fingerprint density at radius 2 is 1.65 bits per heavy atom. The Morgan fingerprint density at radius 1 is 1.09 bits per heavy atom. The summed E-state index contributed by atoms with van der Waals surface area (Å²) < 4.78 is 12.7. The van der Waals surface area contributed by atoms with Gasteiger partial charge >= 0.3 is 5.97 Å². The van der Waals surface area contributed by atoms with Crippen molar-refractivity contribution in [3.05, 3.63) is 59.4 Å². The molecule has 2 amide bonds. The van der Waals surface area contributed by atoms with Gasteiger partial charge in [-0.15, -0.1) is 0 Å². The van der Waals surface area contributed by atoms with E-state index in [0.29, 0.717) is 5.06 Å². The maximum Gasteiger partial charge on any atom is 0.333 e. The van der Waals surface area contributed by atoms with Crippen LogP contribution < -0.4 is 0 Å². The first-order valence-corrected chi connectivity index (χ1v) is 6.71. The predicted octanol–water partition coefficient (Wildman–Crippen LogP) is 1.30. The zero-order valence-corrected chi connectivity index (χ0v) is 11.7. The number of hydrogen-bond acceptors (Lipinski definition) is 6. The van der Waals surface area contributed by atoms with Crippen molar-refractivity contribution in [1.82, 2.24) is 15.0 Å². The highest BCUT2D eigenvalue weighted by Gasteiger charge is 2.38. The summed E-state index contributed by atoms with van der Waals surface area (Å²) in [7, 11) is 0. The minimum Gasteiger partial charge on any atom is -0.330 e. The van der Waals surface area contributed by atoms with E-state index in [4.69, 9.17) is 4.84 Å². The van der Waals surface area contributed by atoms with Crippen LogP contribution >= 0.6 is 0 Å². The van der Waals surface area contributed by atoms with Crippen molar-refractivity contribution in [3.63, 3.8) is 0 Å². The molecule has 1 aliphatic rings. The van der Waals surface area contributed by atoms with Gasteiger partial charge in [0.2, 0.25) is 0 Å². The Labute approximate surface area is 129 Å². The molecule has 0 N–H and O–H groups in total. The van der Waals surface area contributed by atoms with Crippen LogP contribution in [-0.2, 0) is 16.1 Å². The summed E-state index contributed by atoms with van der Waals surface area (Å²) in [6.07, 6.45) is 1.91. The van der Waals surface area contributed by atoms with Crippen LogP contribution in [0.3, 0.4) is 0 Å². The Hall–Kier alpha value is -3.16. The number of aryl methyl sites for hydroxylation is 1. The van der Waals surface area contributed by atoms with Crippen LogP contribution in [-0.4, -0.2) is 32.8 Å². The van der Waals surface area contributed by atoms with Gasteiger partial charge in [0.1, 0.15) is 5.82 Å². The van der Waals surface area contributed by atoms with Gasteiger partial charge in [-0.3, -0.25) is 9.59 Å². The van der Waals surface area contributed by atoms with E-state index in [2.05, 4.69) is 9.97 Å². The number of fused-ring (bicyclic) bond motifs is 1. The molecule has 1 aromatic carbocycles. The van der Waals surface area contributed by atoms with Crippen molar-refractivity contribution in [2.75, 3.05) is 0 Å². The first kappa shape index (κ1) is 14.8. The van der Waals surface area contributed by atoms with Gasteiger partial charge in [0.25, 0.3) is 11.8 Å². The fourth-order valence-corrected chi connectivity index (χ4v) is 2.08. The van der Waals surface area contributed by atoms with Crippen LogP contribution in [0.4, 0.5) is 4.39 Å². The fraction of sp³-hybridized carbons (Fsp3) is 0.133. The molecule has 2 aromatic rings. The zero-order valence-electron chi connectivity index (χ0n) is 11.7. The molecule has 0 atom stereocenters. The Bertz CT molecular complexity index is 757. The van der Waals surface area contributed by atoms with Crippen molar-refractivity contribution in [1.29, 1.82) is 0 Å². The molecule has 1 aromatic heterocycles. The van der Waals surface area contributed by atoms with Gasteiger partial charge in [-0.1, -0.05) is 17.2 Å². The van der Waals surface area contributed by atoms with E-state index < -0.39 is 23.6 Å². The van der Waals surface area contributed by atoms with Gasteiger partial charge in [-0.2, -0.15) is 0 Å². The highest BCUT2D eigenvalue weighted by Crippen LogP contribution is 2.22. The molecule has 0 radical (unpaired) electrons. The standard InChI is InChI=1S/C15H10FN3O4/c16-9-7-17-12(18-8-9)5-6-13(20)23-19-14(21)10-3-1-2-4-11(10)15(19)22/h1-4,7-8H,5-6H2. The summed E-state index contributed by atoms with van der Waals surface area (Å²) in [6.45, 7) is 0. The van der Waals surface area contributed by atoms with Crippen LogP contribution in [0, 0.1) is 5.82 Å². The topological polar surface area (TPSA) is 89.5 Å². The molecule has 8 heteroatoms. The average Bonchev–Trinajstić information content (AvgIpc) is 2.80. The minimum absolute atomic E-state index is 0.0995. The summed E-state index contributed by atoms with van der Waals surface area (Å²) in [5.74, 6) is -2.48. The third kappa shape index (κ3) is 2.91. The molecule has 1 aliphatic heterocycles. The predicted molar refractivity (Wildman–Crippen MR) is 73.3 cm³/mol. The lowest BCUT2D eigenvalue weighted by Gasteiger charge is -2.12. The number of benzene rings is 1. The van der Waals surface area contributed by atoms with E-state index >= 15 is 0 Å². The van der Waals surface area contributed by atoms with Crippen LogP contribution in [0.25, 0.3) is 0 Å². The number of halogens is 1. The van der Waals surface area contributed by atoms with Crippen molar-refractivity contribution in [2.45, 2.75) is 12.8 Å². The summed E-state index contributed by atoms with van der Waals surface area (Å²) in [5, 5.41) is 0.443. The van der Waals surface area contributed by atoms with Crippen molar-refractivity contribution >= 4 is 17.8 Å². The van der Waals surface area contributed by atoms with Gasteiger partial charge in [0.15, 0.2) is 5.82 Å². The summed E-state index contributed by atoms with van der Waals surface area (Å²) in [6, 6.07) is 6.19. The second kappa shape index (κ2) is 5.91. The number of aromatic nitrogens is 2. The molecule has 0 bridgehead atoms. The van der Waals surface area contributed by atoms with Gasteiger partial charge in [-0.25, -0.2) is 19.2 Å². The lowest BCUT2D eigenvalue weighted by Crippen LogP contribution is -2.32. The third-order valence-corrected chi connectivity index (χ3v) is 3.18. The molecule has 116 valence electrons. The summed E-state index contributed by atoms with van der Waals surface area (Å²) in [5.41, 5.74) is 0.374. The van der Waals surface area contributed by atoms with Gasteiger partial charge in [-0.05, 0) is 12.1 Å². The van der Waals surface area contributed by atoms with Crippen LogP contribution in [0.15, 0.2) is 36.7 Å². The lowest BCUT2D eigenvalue weighted by atomic mass is 10.1. The normalized spacial score (nSPS) is 13.2. The molecule has 7 nitrogen and oxygen atoms in total. The van der Waals surface area contributed by atoms with E-state index in [1.807, 2.05) is 0 Å². The molecule has 3 rings (SSSR count). The number of carbonyl (C=O) groups is 3. The Balaban J connectivity index is 1.62. The smallest absolute Gasteiger partial charge is 0.330 e. The minimum atomic E-state index is -0.785. The van der Waals surface area contributed by atoms with Crippen molar-refractivity contribution < 1.29 is 23.6 Å².